The van der Waals surface area contributed by atoms with Crippen molar-refractivity contribution in [2.24, 2.45) is 0 Å². The lowest BCUT2D eigenvalue weighted by atomic mass is 9.74. The Hall–Kier alpha value is -3.58. The quantitative estimate of drug-likeness (QED) is 0.592. The van der Waals surface area contributed by atoms with E-state index in [-0.39, 0.29) is 17.6 Å². The number of pyridine rings is 1. The van der Waals surface area contributed by atoms with Gasteiger partial charge in [-0.15, -0.1) is 0 Å². The summed E-state index contributed by atoms with van der Waals surface area (Å²) < 4.78 is 19.5. The zero-order valence-electron chi connectivity index (χ0n) is 18.4. The van der Waals surface area contributed by atoms with E-state index in [2.05, 4.69) is 15.6 Å². The third-order valence-electron chi connectivity index (χ3n) is 6.17. The zero-order valence-corrected chi connectivity index (χ0v) is 18.4. The molecule has 0 aliphatic carbocycles. The highest BCUT2D eigenvalue weighted by atomic mass is 19.1. The molecule has 3 aromatic rings. The molecule has 0 bridgehead atoms. The second kappa shape index (κ2) is 9.92. The largest absolute Gasteiger partial charge is 0.381 e. The number of hydrogen-bond donors (Lipinski definition) is 2. The summed E-state index contributed by atoms with van der Waals surface area (Å²) in [5.41, 5.74) is 2.49. The molecule has 1 aliphatic rings. The molecule has 7 heteroatoms. The van der Waals surface area contributed by atoms with E-state index in [1.807, 2.05) is 19.1 Å². The summed E-state index contributed by atoms with van der Waals surface area (Å²) in [5, 5.41) is 5.90. The van der Waals surface area contributed by atoms with Gasteiger partial charge in [0.25, 0.3) is 11.8 Å². The van der Waals surface area contributed by atoms with Gasteiger partial charge in [-0.05, 0) is 61.2 Å². The van der Waals surface area contributed by atoms with Gasteiger partial charge in [0.2, 0.25) is 0 Å². The van der Waals surface area contributed by atoms with E-state index < -0.39 is 5.41 Å². The molecular weight excluding hydrogens is 421 g/mol. The fourth-order valence-corrected chi connectivity index (χ4v) is 4.20. The summed E-state index contributed by atoms with van der Waals surface area (Å²) in [4.78, 5) is 29.9. The van der Waals surface area contributed by atoms with Gasteiger partial charge in [0.1, 0.15) is 5.82 Å². The number of nitrogens with one attached hydrogen (secondary N) is 2. The van der Waals surface area contributed by atoms with Crippen molar-refractivity contribution in [3.8, 4) is 0 Å². The summed E-state index contributed by atoms with van der Waals surface area (Å²) in [6.45, 7) is 3.27. The van der Waals surface area contributed by atoms with Crippen molar-refractivity contribution < 1.29 is 18.7 Å². The van der Waals surface area contributed by atoms with Gasteiger partial charge >= 0.3 is 0 Å². The van der Waals surface area contributed by atoms with Crippen molar-refractivity contribution in [1.29, 1.82) is 0 Å². The second-order valence-electron chi connectivity index (χ2n) is 8.27. The molecule has 2 N–H and O–H groups in total. The Bertz CT molecular complexity index is 1140. The third-order valence-corrected chi connectivity index (χ3v) is 6.17. The Morgan fingerprint density at radius 2 is 1.76 bits per heavy atom. The zero-order chi connectivity index (χ0) is 23.3. The fourth-order valence-electron chi connectivity index (χ4n) is 4.20. The van der Waals surface area contributed by atoms with Gasteiger partial charge in [0.05, 0.1) is 11.3 Å². The van der Waals surface area contributed by atoms with E-state index in [1.54, 1.807) is 42.7 Å². The van der Waals surface area contributed by atoms with Crippen LogP contribution in [-0.2, 0) is 10.2 Å². The standard InChI is InChI=1S/C26H26FN3O3/c1-18-4-2-7-22(23(18)30-24(31)19-8-12-28-13-9-19)25(32)29-17-26(10-14-33-15-11-26)20-5-3-6-21(27)16-20/h2-9,12-13,16H,10-11,14-15,17H2,1H3,(H,29,32)(H,30,31). The number of hydrogen-bond acceptors (Lipinski definition) is 4. The Kier molecular flexibility index (Phi) is 6.79. The minimum atomic E-state index is -0.416. The highest BCUT2D eigenvalue weighted by molar-refractivity contribution is 6.09. The highest BCUT2D eigenvalue weighted by Gasteiger charge is 2.35. The maximum Gasteiger partial charge on any atom is 0.255 e. The molecule has 1 aromatic heterocycles. The Balaban J connectivity index is 1.56. The number of amides is 2. The molecule has 1 fully saturated rings. The van der Waals surface area contributed by atoms with Gasteiger partial charge < -0.3 is 15.4 Å². The summed E-state index contributed by atoms with van der Waals surface area (Å²) in [5.74, 6) is -0.920. The van der Waals surface area contributed by atoms with Crippen molar-refractivity contribution in [2.45, 2.75) is 25.2 Å². The molecular formula is C26H26FN3O3. The van der Waals surface area contributed by atoms with Gasteiger partial charge in [-0.3, -0.25) is 14.6 Å². The van der Waals surface area contributed by atoms with Gasteiger partial charge in [-0.25, -0.2) is 4.39 Å². The third kappa shape index (κ3) is 5.09. The molecule has 2 aromatic carbocycles. The number of nitrogens with zero attached hydrogens (tertiary/aromatic N) is 1. The van der Waals surface area contributed by atoms with Crippen LogP contribution in [0.1, 0.15) is 44.7 Å². The number of ether oxygens (including phenoxy) is 1. The summed E-state index contributed by atoms with van der Waals surface area (Å²) in [7, 11) is 0. The van der Waals surface area contributed by atoms with Crippen LogP contribution in [0, 0.1) is 12.7 Å². The number of para-hydroxylation sites is 1. The molecule has 33 heavy (non-hydrogen) atoms. The smallest absolute Gasteiger partial charge is 0.255 e. The number of aryl methyl sites for hydroxylation is 1. The molecule has 0 spiro atoms. The average Bonchev–Trinajstić information content (AvgIpc) is 2.85. The van der Waals surface area contributed by atoms with E-state index in [4.69, 9.17) is 4.74 Å². The molecule has 0 radical (unpaired) electrons. The predicted octanol–water partition coefficient (Wildman–Crippen LogP) is 4.26. The van der Waals surface area contributed by atoms with Crippen LogP contribution in [0.3, 0.4) is 0 Å². The van der Waals surface area contributed by atoms with E-state index in [0.717, 1.165) is 11.1 Å². The molecule has 0 saturated carbocycles. The first-order valence-electron chi connectivity index (χ1n) is 10.9. The first-order valence-corrected chi connectivity index (χ1v) is 10.9. The SMILES string of the molecule is Cc1cccc(C(=O)NCC2(c3cccc(F)c3)CCOCC2)c1NC(=O)c1ccncc1. The van der Waals surface area contributed by atoms with Crippen LogP contribution in [0.2, 0.25) is 0 Å². The summed E-state index contributed by atoms with van der Waals surface area (Å²) >= 11 is 0. The molecule has 4 rings (SSSR count). The summed E-state index contributed by atoms with van der Waals surface area (Å²) in [6.07, 6.45) is 4.44. The van der Waals surface area contributed by atoms with Crippen molar-refractivity contribution >= 4 is 17.5 Å². The molecule has 2 amide bonds. The minimum absolute atomic E-state index is 0.300. The molecule has 2 heterocycles. The normalized spacial score (nSPS) is 15.0. The second-order valence-corrected chi connectivity index (χ2v) is 8.27. The Labute approximate surface area is 192 Å². The van der Waals surface area contributed by atoms with Gasteiger partial charge in [0.15, 0.2) is 0 Å². The van der Waals surface area contributed by atoms with Crippen molar-refractivity contribution in [3.63, 3.8) is 0 Å². The van der Waals surface area contributed by atoms with Gasteiger partial charge in [-0.2, -0.15) is 0 Å². The number of rotatable bonds is 6. The van der Waals surface area contributed by atoms with Crippen molar-refractivity contribution in [1.82, 2.24) is 10.3 Å². The molecule has 170 valence electrons. The predicted molar refractivity (Wildman–Crippen MR) is 124 cm³/mol. The van der Waals surface area contributed by atoms with Crippen LogP contribution < -0.4 is 10.6 Å². The number of carbonyl (C=O) groups excluding carboxylic acids is 2. The molecule has 1 saturated heterocycles. The number of halogens is 1. The number of aromatic nitrogens is 1. The topological polar surface area (TPSA) is 80.3 Å². The van der Waals surface area contributed by atoms with E-state index >= 15 is 0 Å². The molecule has 0 atom stereocenters. The first kappa shape index (κ1) is 22.6. The average molecular weight is 448 g/mol. The minimum Gasteiger partial charge on any atom is -0.381 e. The van der Waals surface area contributed by atoms with Gasteiger partial charge in [-0.1, -0.05) is 24.3 Å². The van der Waals surface area contributed by atoms with Gasteiger partial charge in [0, 0.05) is 43.1 Å². The monoisotopic (exact) mass is 447 g/mol. The molecule has 0 unspecified atom stereocenters. The maximum absolute atomic E-state index is 14.0. The van der Waals surface area contributed by atoms with Crippen LogP contribution in [-0.4, -0.2) is 36.6 Å². The number of benzene rings is 2. The van der Waals surface area contributed by atoms with Crippen LogP contribution >= 0.6 is 0 Å². The number of anilines is 1. The van der Waals surface area contributed by atoms with Crippen LogP contribution in [0.15, 0.2) is 67.0 Å². The van der Waals surface area contributed by atoms with Crippen molar-refractivity contribution in [2.75, 3.05) is 25.1 Å². The van der Waals surface area contributed by atoms with E-state index in [1.165, 1.54) is 12.1 Å². The number of carbonyl (C=O) groups is 2. The van der Waals surface area contributed by atoms with Crippen LogP contribution in [0.4, 0.5) is 10.1 Å². The van der Waals surface area contributed by atoms with Crippen LogP contribution in [0.5, 0.6) is 0 Å². The fraction of sp³-hybridized carbons (Fsp3) is 0.269. The lowest BCUT2D eigenvalue weighted by Gasteiger charge is -2.38. The lowest BCUT2D eigenvalue weighted by molar-refractivity contribution is 0.0486. The molecule has 1 aliphatic heterocycles. The first-order chi connectivity index (χ1) is 16.0. The van der Waals surface area contributed by atoms with E-state index in [0.29, 0.717) is 49.4 Å². The maximum atomic E-state index is 14.0. The van der Waals surface area contributed by atoms with E-state index in [9.17, 15) is 14.0 Å². The van der Waals surface area contributed by atoms with Crippen molar-refractivity contribution in [3.05, 3.63) is 95.1 Å². The lowest BCUT2D eigenvalue weighted by Crippen LogP contribution is -2.44. The summed E-state index contributed by atoms with van der Waals surface area (Å²) in [6, 6.07) is 15.1. The Morgan fingerprint density at radius 1 is 1.03 bits per heavy atom. The van der Waals surface area contributed by atoms with Crippen LogP contribution in [0.25, 0.3) is 0 Å². The molecule has 6 nitrogen and oxygen atoms in total. The highest BCUT2D eigenvalue weighted by Crippen LogP contribution is 2.35. The Morgan fingerprint density at radius 3 is 2.48 bits per heavy atom.